The van der Waals surface area contributed by atoms with E-state index in [1.807, 2.05) is 6.07 Å². The maximum Gasteiger partial charge on any atom is 0.269 e. The van der Waals surface area contributed by atoms with E-state index >= 15 is 0 Å². The molecule has 0 saturated heterocycles. The number of carbonyl (C=O) groups is 1. The van der Waals surface area contributed by atoms with Crippen molar-refractivity contribution in [3.8, 4) is 0 Å². The monoisotopic (exact) mass is 324 g/mol. The summed E-state index contributed by atoms with van der Waals surface area (Å²) in [5, 5.41) is 11.2. The molecule has 1 fully saturated rings. The summed E-state index contributed by atoms with van der Waals surface area (Å²) in [4.78, 5) is 28.3. The summed E-state index contributed by atoms with van der Waals surface area (Å²) in [6.07, 6.45) is 6.56. The highest BCUT2D eigenvalue weighted by atomic mass is 16.6. The molecule has 24 heavy (non-hydrogen) atoms. The standard InChI is InChI=1S/C19H20N2O3/c22-17-10-4-9-16-19(17)18(14-7-1-2-8-15(14)20-16)12-5-3-6-13(11-12)21(23)24/h3,5-6,11,14,18H,1-2,4,7-10H2. The Labute approximate surface area is 140 Å². The first-order valence-corrected chi connectivity index (χ1v) is 8.73. The van der Waals surface area contributed by atoms with Gasteiger partial charge in [-0.2, -0.15) is 0 Å². The van der Waals surface area contributed by atoms with Crippen LogP contribution in [0.5, 0.6) is 0 Å². The molecule has 5 nitrogen and oxygen atoms in total. The van der Waals surface area contributed by atoms with Crippen molar-refractivity contribution < 1.29 is 9.72 Å². The van der Waals surface area contributed by atoms with Crippen LogP contribution >= 0.6 is 0 Å². The van der Waals surface area contributed by atoms with Crippen molar-refractivity contribution in [2.75, 3.05) is 0 Å². The molecule has 1 aromatic rings. The van der Waals surface area contributed by atoms with E-state index in [9.17, 15) is 14.9 Å². The van der Waals surface area contributed by atoms with Crippen LogP contribution in [0.15, 0.2) is 40.5 Å². The number of hydrogen-bond donors (Lipinski definition) is 0. The molecule has 0 amide bonds. The Morgan fingerprint density at radius 3 is 2.83 bits per heavy atom. The predicted molar refractivity (Wildman–Crippen MR) is 91.1 cm³/mol. The molecule has 3 aliphatic rings. The molecule has 4 rings (SSSR count). The van der Waals surface area contributed by atoms with Gasteiger partial charge in [0.15, 0.2) is 5.78 Å². The molecule has 124 valence electrons. The summed E-state index contributed by atoms with van der Waals surface area (Å²) in [5.74, 6) is 0.350. The number of rotatable bonds is 2. The number of nitrogens with zero attached hydrogens (tertiary/aromatic N) is 2. The van der Waals surface area contributed by atoms with Gasteiger partial charge in [-0.1, -0.05) is 18.6 Å². The minimum absolute atomic E-state index is 0.0551. The number of Topliss-reactive ketones (excluding diaryl/α,β-unsaturated/α-hetero) is 1. The maximum absolute atomic E-state index is 12.6. The summed E-state index contributed by atoms with van der Waals surface area (Å²) in [5.41, 5.74) is 3.96. The second kappa shape index (κ2) is 5.96. The molecule has 2 aliphatic carbocycles. The van der Waals surface area contributed by atoms with Crippen LogP contribution < -0.4 is 0 Å². The Morgan fingerprint density at radius 1 is 1.12 bits per heavy atom. The van der Waals surface area contributed by atoms with Gasteiger partial charge < -0.3 is 0 Å². The van der Waals surface area contributed by atoms with Gasteiger partial charge in [0.2, 0.25) is 0 Å². The van der Waals surface area contributed by atoms with Crippen LogP contribution in [0, 0.1) is 16.0 Å². The molecule has 1 aromatic carbocycles. The van der Waals surface area contributed by atoms with Crippen molar-refractivity contribution in [2.45, 2.75) is 50.9 Å². The first kappa shape index (κ1) is 15.2. The van der Waals surface area contributed by atoms with Gasteiger partial charge in [0.25, 0.3) is 5.69 Å². The van der Waals surface area contributed by atoms with E-state index in [1.165, 1.54) is 11.8 Å². The lowest BCUT2D eigenvalue weighted by Crippen LogP contribution is -2.34. The number of nitro benzene ring substituents is 1. The van der Waals surface area contributed by atoms with Crippen molar-refractivity contribution in [1.82, 2.24) is 0 Å². The number of non-ortho nitro benzene ring substituents is 1. The number of allylic oxidation sites excluding steroid dienone is 2. The van der Waals surface area contributed by atoms with Gasteiger partial charge in [-0.25, -0.2) is 0 Å². The number of aliphatic imine (C=N–C) groups is 1. The molecule has 2 unspecified atom stereocenters. The topological polar surface area (TPSA) is 72.6 Å². The molecule has 0 spiro atoms. The van der Waals surface area contributed by atoms with Crippen molar-refractivity contribution >= 4 is 17.2 Å². The normalized spacial score (nSPS) is 26.5. The van der Waals surface area contributed by atoms with Crippen LogP contribution in [0.4, 0.5) is 5.69 Å². The van der Waals surface area contributed by atoms with E-state index in [0.717, 1.165) is 55.4 Å². The van der Waals surface area contributed by atoms with Crippen LogP contribution in [0.2, 0.25) is 0 Å². The maximum atomic E-state index is 12.6. The minimum Gasteiger partial charge on any atom is -0.294 e. The fourth-order valence-corrected chi connectivity index (χ4v) is 4.44. The Hall–Kier alpha value is -2.30. The zero-order valence-electron chi connectivity index (χ0n) is 13.5. The average molecular weight is 324 g/mol. The number of ketones is 1. The zero-order chi connectivity index (χ0) is 16.7. The van der Waals surface area contributed by atoms with Gasteiger partial charge in [-0.05, 0) is 37.7 Å². The van der Waals surface area contributed by atoms with Crippen LogP contribution in [-0.4, -0.2) is 16.4 Å². The summed E-state index contributed by atoms with van der Waals surface area (Å²) >= 11 is 0. The number of fused-ring (bicyclic) bond motifs is 1. The Kier molecular flexibility index (Phi) is 3.79. The first-order valence-electron chi connectivity index (χ1n) is 8.73. The number of nitro groups is 1. The van der Waals surface area contributed by atoms with Crippen molar-refractivity contribution in [2.24, 2.45) is 10.9 Å². The van der Waals surface area contributed by atoms with E-state index in [-0.39, 0.29) is 28.2 Å². The first-order chi connectivity index (χ1) is 11.6. The van der Waals surface area contributed by atoms with Crippen LogP contribution in [-0.2, 0) is 4.79 Å². The smallest absolute Gasteiger partial charge is 0.269 e. The zero-order valence-corrected chi connectivity index (χ0v) is 13.5. The summed E-state index contributed by atoms with van der Waals surface area (Å²) in [7, 11) is 0. The van der Waals surface area contributed by atoms with Crippen LogP contribution in [0.3, 0.4) is 0 Å². The summed E-state index contributed by atoms with van der Waals surface area (Å²) in [6.45, 7) is 0. The third-order valence-electron chi connectivity index (χ3n) is 5.49. The van der Waals surface area contributed by atoms with Crippen molar-refractivity contribution in [3.05, 3.63) is 51.2 Å². The third kappa shape index (κ3) is 2.48. The second-order valence-electron chi connectivity index (χ2n) is 6.92. The number of hydrogen-bond acceptors (Lipinski definition) is 4. The second-order valence-corrected chi connectivity index (χ2v) is 6.92. The fourth-order valence-electron chi connectivity index (χ4n) is 4.44. The minimum atomic E-state index is -0.361. The Balaban J connectivity index is 1.85. The van der Waals surface area contributed by atoms with Crippen LogP contribution in [0.25, 0.3) is 0 Å². The third-order valence-corrected chi connectivity index (χ3v) is 5.49. The van der Waals surface area contributed by atoms with Gasteiger partial charge in [0.1, 0.15) is 0 Å². The molecule has 1 saturated carbocycles. The lowest BCUT2D eigenvalue weighted by Gasteiger charge is -2.38. The highest BCUT2D eigenvalue weighted by molar-refractivity contribution is 6.02. The van der Waals surface area contributed by atoms with Gasteiger partial charge in [-0.15, -0.1) is 0 Å². The average Bonchev–Trinajstić information content (AvgIpc) is 2.60. The SMILES string of the molecule is O=C1CCCC2=C1C(c1cccc([N+](=O)[O-])c1)C1CCCCC1=N2. The van der Waals surface area contributed by atoms with Crippen LogP contribution in [0.1, 0.15) is 56.4 Å². The lowest BCUT2D eigenvalue weighted by molar-refractivity contribution is -0.384. The molecule has 5 heteroatoms. The quantitative estimate of drug-likeness (QED) is 0.600. The van der Waals surface area contributed by atoms with Crippen molar-refractivity contribution in [3.63, 3.8) is 0 Å². The van der Waals surface area contributed by atoms with Gasteiger partial charge in [-0.3, -0.25) is 19.9 Å². The van der Waals surface area contributed by atoms with Gasteiger partial charge in [0, 0.05) is 47.4 Å². The van der Waals surface area contributed by atoms with E-state index < -0.39 is 0 Å². The fraction of sp³-hybridized carbons (Fsp3) is 0.474. The highest BCUT2D eigenvalue weighted by Gasteiger charge is 2.40. The molecule has 2 atom stereocenters. The number of benzene rings is 1. The molecule has 0 N–H and O–H groups in total. The molecular formula is C19H20N2O3. The molecule has 1 aliphatic heterocycles. The summed E-state index contributed by atoms with van der Waals surface area (Å²) in [6, 6.07) is 6.83. The van der Waals surface area contributed by atoms with Gasteiger partial charge in [0.05, 0.1) is 4.92 Å². The lowest BCUT2D eigenvalue weighted by atomic mass is 9.67. The van der Waals surface area contributed by atoms with Crippen molar-refractivity contribution in [1.29, 1.82) is 0 Å². The van der Waals surface area contributed by atoms with E-state index in [2.05, 4.69) is 0 Å². The molecule has 0 radical (unpaired) electrons. The largest absolute Gasteiger partial charge is 0.294 e. The Bertz CT molecular complexity index is 779. The number of carbonyl (C=O) groups excluding carboxylic acids is 1. The highest BCUT2D eigenvalue weighted by Crippen LogP contribution is 2.47. The van der Waals surface area contributed by atoms with E-state index in [4.69, 9.17) is 4.99 Å². The van der Waals surface area contributed by atoms with Gasteiger partial charge >= 0.3 is 0 Å². The molecular weight excluding hydrogens is 304 g/mol. The van der Waals surface area contributed by atoms with E-state index in [1.54, 1.807) is 12.1 Å². The molecule has 1 heterocycles. The Morgan fingerprint density at radius 2 is 2.00 bits per heavy atom. The summed E-state index contributed by atoms with van der Waals surface area (Å²) < 4.78 is 0. The predicted octanol–water partition coefficient (Wildman–Crippen LogP) is 4.33. The molecule has 0 aromatic heterocycles. The molecule has 0 bridgehead atoms. The van der Waals surface area contributed by atoms with E-state index in [0.29, 0.717) is 6.42 Å².